The second-order valence-electron chi connectivity index (χ2n) is 9.41. The predicted octanol–water partition coefficient (Wildman–Crippen LogP) is 3.14. The molecular formula is C23H24ClN7O2S. The van der Waals surface area contributed by atoms with Gasteiger partial charge in [0.1, 0.15) is 20.7 Å². The average Bonchev–Trinajstić information content (AvgIpc) is 3.32. The summed E-state index contributed by atoms with van der Waals surface area (Å²) < 4.78 is 2.28. The smallest absolute Gasteiger partial charge is 0.246 e. The number of fused-ring (bicyclic) bond motifs is 1. The summed E-state index contributed by atoms with van der Waals surface area (Å²) in [4.78, 5) is 28.6. The number of hydrogen-bond donors (Lipinski definition) is 2. The number of hydrogen-bond acceptors (Lipinski definition) is 9. The molecule has 0 unspecified atom stereocenters. The van der Waals surface area contributed by atoms with Crippen LogP contribution in [0.2, 0.25) is 4.34 Å². The monoisotopic (exact) mass is 497 g/mol. The van der Waals surface area contributed by atoms with E-state index in [1.54, 1.807) is 15.6 Å². The van der Waals surface area contributed by atoms with Gasteiger partial charge in [0.25, 0.3) is 0 Å². The first kappa shape index (κ1) is 21.7. The summed E-state index contributed by atoms with van der Waals surface area (Å²) in [6.45, 7) is 3.27. The summed E-state index contributed by atoms with van der Waals surface area (Å²) in [6.07, 6.45) is 7.78. The van der Waals surface area contributed by atoms with Gasteiger partial charge in [0.2, 0.25) is 5.95 Å². The first-order valence-corrected chi connectivity index (χ1v) is 12.5. The Hall–Kier alpha value is -2.82. The lowest BCUT2D eigenvalue weighted by atomic mass is 9.99. The molecule has 1 saturated heterocycles. The number of nitrogens with one attached hydrogen (secondary N) is 1. The minimum atomic E-state index is -0.641. The second-order valence-corrected chi connectivity index (χ2v) is 11.2. The molecule has 0 radical (unpaired) electrons. The van der Waals surface area contributed by atoms with E-state index in [1.807, 2.05) is 18.3 Å². The summed E-state index contributed by atoms with van der Waals surface area (Å²) in [5.41, 5.74) is 2.45. The minimum absolute atomic E-state index is 0.0429. The van der Waals surface area contributed by atoms with Crippen LogP contribution >= 0.6 is 22.9 Å². The summed E-state index contributed by atoms with van der Waals surface area (Å²) in [7, 11) is 0. The van der Waals surface area contributed by atoms with Crippen molar-refractivity contribution in [2.24, 2.45) is 10.4 Å². The number of thiazole rings is 1. The van der Waals surface area contributed by atoms with Gasteiger partial charge in [0, 0.05) is 19.2 Å². The normalized spacial score (nSPS) is 23.3. The molecule has 2 N–H and O–H groups in total. The lowest BCUT2D eigenvalue weighted by molar-refractivity contribution is -0.119. The van der Waals surface area contributed by atoms with Crippen LogP contribution < -0.4 is 10.2 Å². The number of halogens is 1. The highest BCUT2D eigenvalue weighted by Gasteiger charge is 2.42. The van der Waals surface area contributed by atoms with Gasteiger partial charge in [-0.25, -0.2) is 9.50 Å². The number of Topliss-reactive ketones (excluding diaryl/α,β-unsaturated/α-hetero) is 1. The van der Waals surface area contributed by atoms with Crippen molar-refractivity contribution in [2.45, 2.75) is 44.8 Å². The quantitative estimate of drug-likeness (QED) is 0.538. The highest BCUT2D eigenvalue weighted by Crippen LogP contribution is 2.52. The SMILES string of the molecule is CC1(C2=CC(Nc3nc(N4C[C@@H](O)C[C@H]4C(=O)Cc4ncc(Cl)s4)nn4cccc34)=NC2)CC1. The number of aromatic nitrogens is 4. The van der Waals surface area contributed by atoms with E-state index in [-0.39, 0.29) is 24.2 Å². The van der Waals surface area contributed by atoms with E-state index < -0.39 is 12.1 Å². The Labute approximate surface area is 205 Å². The number of carbonyl (C=O) groups excluding carboxylic acids is 1. The largest absolute Gasteiger partial charge is 0.391 e. The number of anilines is 2. The maximum atomic E-state index is 13.1. The molecule has 9 nitrogen and oxygen atoms in total. The van der Waals surface area contributed by atoms with Gasteiger partial charge in [-0.3, -0.25) is 9.79 Å². The number of amidine groups is 1. The van der Waals surface area contributed by atoms with Gasteiger partial charge in [-0.15, -0.1) is 16.4 Å². The molecule has 1 saturated carbocycles. The molecule has 5 heterocycles. The molecule has 176 valence electrons. The van der Waals surface area contributed by atoms with Gasteiger partial charge in [0.15, 0.2) is 11.6 Å². The van der Waals surface area contributed by atoms with Crippen molar-refractivity contribution in [3.63, 3.8) is 0 Å². The molecule has 0 bridgehead atoms. The average molecular weight is 498 g/mol. The van der Waals surface area contributed by atoms with E-state index >= 15 is 0 Å². The molecule has 0 aromatic carbocycles. The Morgan fingerprint density at radius 2 is 2.26 bits per heavy atom. The molecule has 2 fully saturated rings. The first-order chi connectivity index (χ1) is 16.4. The fourth-order valence-corrected chi connectivity index (χ4v) is 5.58. The number of aliphatic hydroxyl groups is 1. The molecule has 2 aliphatic heterocycles. The van der Waals surface area contributed by atoms with Crippen LogP contribution in [-0.4, -0.2) is 61.5 Å². The molecule has 11 heteroatoms. The van der Waals surface area contributed by atoms with E-state index in [0.29, 0.717) is 34.1 Å². The van der Waals surface area contributed by atoms with Crippen molar-refractivity contribution in [3.05, 3.63) is 45.5 Å². The highest BCUT2D eigenvalue weighted by molar-refractivity contribution is 7.15. The van der Waals surface area contributed by atoms with Crippen molar-refractivity contribution >= 4 is 51.8 Å². The third-order valence-corrected chi connectivity index (χ3v) is 8.01. The molecule has 6 rings (SSSR count). The molecule has 0 amide bonds. The number of nitrogens with zero attached hydrogens (tertiary/aromatic N) is 6. The van der Waals surface area contributed by atoms with Crippen molar-refractivity contribution in [1.29, 1.82) is 0 Å². The van der Waals surface area contributed by atoms with Crippen LogP contribution in [0.3, 0.4) is 0 Å². The van der Waals surface area contributed by atoms with E-state index in [4.69, 9.17) is 16.6 Å². The van der Waals surface area contributed by atoms with Gasteiger partial charge >= 0.3 is 0 Å². The number of aliphatic hydroxyl groups excluding tert-OH is 1. The van der Waals surface area contributed by atoms with Gasteiger partial charge in [-0.05, 0) is 42.0 Å². The molecule has 0 spiro atoms. The van der Waals surface area contributed by atoms with E-state index in [9.17, 15) is 9.90 Å². The Morgan fingerprint density at radius 3 is 3.03 bits per heavy atom. The van der Waals surface area contributed by atoms with Crippen molar-refractivity contribution in [1.82, 2.24) is 19.6 Å². The maximum absolute atomic E-state index is 13.1. The molecule has 2 atom stereocenters. The fourth-order valence-electron chi connectivity index (χ4n) is 4.61. The molecule has 3 aromatic rings. The van der Waals surface area contributed by atoms with Crippen molar-refractivity contribution in [3.8, 4) is 0 Å². The standard InChI is InChI=1S/C23H24ClN7O2S/c1-23(4-5-23)13-7-19(25-10-13)27-21-15-3-2-6-31(15)29-22(28-21)30-12-14(32)8-16(30)17(33)9-20-26-11-18(24)34-20/h2-3,6-7,11,14,16,32H,4-5,8-10,12H2,1H3,(H,25,27,28,29)/t14-,16-/m0/s1. The zero-order chi connectivity index (χ0) is 23.4. The zero-order valence-electron chi connectivity index (χ0n) is 18.6. The predicted molar refractivity (Wildman–Crippen MR) is 132 cm³/mol. The van der Waals surface area contributed by atoms with Crippen LogP contribution in [-0.2, 0) is 11.2 Å². The second kappa shape index (κ2) is 8.14. The number of β-amino-alcohol motifs (C(OH)–C–C–N with tert-alkyl or cyclic N) is 1. The van der Waals surface area contributed by atoms with Crippen LogP contribution in [0.25, 0.3) is 5.52 Å². The van der Waals surface area contributed by atoms with Gasteiger partial charge in [-0.1, -0.05) is 18.5 Å². The summed E-state index contributed by atoms with van der Waals surface area (Å²) in [5.74, 6) is 1.74. The van der Waals surface area contributed by atoms with Crippen LogP contribution in [0.4, 0.5) is 11.8 Å². The minimum Gasteiger partial charge on any atom is -0.391 e. The number of carbonyl (C=O) groups is 1. The summed E-state index contributed by atoms with van der Waals surface area (Å²) in [5, 5.41) is 19.1. The molecule has 1 aliphatic carbocycles. The topological polar surface area (TPSA) is 108 Å². The van der Waals surface area contributed by atoms with E-state index in [1.165, 1.54) is 29.8 Å². The van der Waals surface area contributed by atoms with Crippen LogP contribution in [0.1, 0.15) is 31.2 Å². The van der Waals surface area contributed by atoms with Crippen molar-refractivity contribution in [2.75, 3.05) is 23.3 Å². The van der Waals surface area contributed by atoms with Gasteiger partial charge in [-0.2, -0.15) is 4.98 Å². The maximum Gasteiger partial charge on any atom is 0.246 e. The molecule has 3 aromatic heterocycles. The van der Waals surface area contributed by atoms with E-state index in [2.05, 4.69) is 33.4 Å². The van der Waals surface area contributed by atoms with Crippen molar-refractivity contribution < 1.29 is 9.90 Å². The summed E-state index contributed by atoms with van der Waals surface area (Å²) in [6, 6.07) is 3.29. The Balaban J connectivity index is 1.29. The first-order valence-electron chi connectivity index (χ1n) is 11.3. The third-order valence-electron chi connectivity index (χ3n) is 6.89. The van der Waals surface area contributed by atoms with Gasteiger partial charge < -0.3 is 15.3 Å². The Bertz CT molecular complexity index is 1340. The lowest BCUT2D eigenvalue weighted by Crippen LogP contribution is -2.38. The number of rotatable bonds is 6. The van der Waals surface area contributed by atoms with Crippen LogP contribution in [0.5, 0.6) is 0 Å². The zero-order valence-corrected chi connectivity index (χ0v) is 20.2. The number of ketones is 1. The molecule has 3 aliphatic rings. The van der Waals surface area contributed by atoms with Crippen LogP contribution in [0, 0.1) is 5.41 Å². The van der Waals surface area contributed by atoms with E-state index in [0.717, 1.165) is 11.4 Å². The summed E-state index contributed by atoms with van der Waals surface area (Å²) >= 11 is 7.26. The van der Waals surface area contributed by atoms with Crippen LogP contribution in [0.15, 0.2) is 41.2 Å². The third kappa shape index (κ3) is 3.99. The fraction of sp³-hybridized carbons (Fsp3) is 0.435. The molecule has 34 heavy (non-hydrogen) atoms. The highest BCUT2D eigenvalue weighted by atomic mass is 35.5. The Morgan fingerprint density at radius 1 is 1.41 bits per heavy atom. The van der Waals surface area contributed by atoms with Gasteiger partial charge in [0.05, 0.1) is 31.3 Å². The molecular weight excluding hydrogens is 474 g/mol. The lowest BCUT2D eigenvalue weighted by Gasteiger charge is -2.23. The number of aliphatic imine (C=N–C) groups is 1. The Kier molecular flexibility index (Phi) is 5.20.